The summed E-state index contributed by atoms with van der Waals surface area (Å²) in [7, 11) is 0. The molecule has 1 amide bonds. The lowest BCUT2D eigenvalue weighted by Crippen LogP contribution is -2.38. The number of aromatic amines is 1. The summed E-state index contributed by atoms with van der Waals surface area (Å²) >= 11 is 0. The maximum Gasteiger partial charge on any atom is 0.223 e. The molecule has 134 valence electrons. The van der Waals surface area contributed by atoms with E-state index in [-0.39, 0.29) is 11.9 Å². The second-order valence-electron chi connectivity index (χ2n) is 6.87. The molecular formula is C21H24N4O. The molecule has 1 atom stereocenters. The number of aromatic nitrogens is 3. The highest BCUT2D eigenvalue weighted by atomic mass is 16.2. The van der Waals surface area contributed by atoms with Crippen LogP contribution >= 0.6 is 0 Å². The summed E-state index contributed by atoms with van der Waals surface area (Å²) in [4.78, 5) is 18.2. The van der Waals surface area contributed by atoms with E-state index in [9.17, 15) is 4.79 Å². The number of H-pyrrole nitrogens is 1. The largest absolute Gasteiger partial charge is 0.358 e. The predicted octanol–water partition coefficient (Wildman–Crippen LogP) is 3.50. The summed E-state index contributed by atoms with van der Waals surface area (Å²) in [5, 5.41) is 4.27. The van der Waals surface area contributed by atoms with E-state index in [1.54, 1.807) is 6.20 Å². The van der Waals surface area contributed by atoms with Crippen LogP contribution in [-0.2, 0) is 17.8 Å². The van der Waals surface area contributed by atoms with Gasteiger partial charge in [-0.15, -0.1) is 0 Å². The summed E-state index contributed by atoms with van der Waals surface area (Å²) < 4.78 is 1.92. The van der Waals surface area contributed by atoms with E-state index in [0.29, 0.717) is 6.42 Å². The van der Waals surface area contributed by atoms with Crippen LogP contribution in [0.1, 0.15) is 25.0 Å². The Labute approximate surface area is 153 Å². The second-order valence-corrected chi connectivity index (χ2v) is 6.87. The number of carbonyl (C=O) groups excluding carboxylic acids is 1. The number of hydrogen-bond donors (Lipinski definition) is 1. The Kier molecular flexibility index (Phi) is 4.86. The van der Waals surface area contributed by atoms with Gasteiger partial charge in [-0.05, 0) is 43.0 Å². The molecule has 3 aromatic rings. The van der Waals surface area contributed by atoms with Crippen LogP contribution in [0.5, 0.6) is 0 Å². The summed E-state index contributed by atoms with van der Waals surface area (Å²) in [6.07, 6.45) is 7.19. The first-order valence-corrected chi connectivity index (χ1v) is 9.30. The molecule has 1 aromatic carbocycles. The third-order valence-corrected chi connectivity index (χ3v) is 5.09. The summed E-state index contributed by atoms with van der Waals surface area (Å²) in [5.74, 6) is 0.246. The fraction of sp³-hybridized carbons (Fsp3) is 0.333. The van der Waals surface area contributed by atoms with Gasteiger partial charge in [-0.1, -0.05) is 30.3 Å². The fourth-order valence-corrected chi connectivity index (χ4v) is 3.74. The highest BCUT2D eigenvalue weighted by Gasteiger charge is 2.28. The molecule has 0 bridgehead atoms. The molecular weight excluding hydrogens is 324 g/mol. The van der Waals surface area contributed by atoms with Gasteiger partial charge in [0.2, 0.25) is 5.91 Å². The Morgan fingerprint density at radius 1 is 1.15 bits per heavy atom. The summed E-state index contributed by atoms with van der Waals surface area (Å²) in [5.41, 5.74) is 3.38. The predicted molar refractivity (Wildman–Crippen MR) is 102 cm³/mol. The van der Waals surface area contributed by atoms with Gasteiger partial charge in [-0.25, -0.2) is 0 Å². The van der Waals surface area contributed by atoms with Crippen LogP contribution in [-0.4, -0.2) is 38.2 Å². The molecule has 1 N–H and O–H groups in total. The summed E-state index contributed by atoms with van der Waals surface area (Å²) in [6, 6.07) is 16.6. The van der Waals surface area contributed by atoms with E-state index in [1.165, 1.54) is 5.56 Å². The normalized spacial score (nSPS) is 16.9. The van der Waals surface area contributed by atoms with Gasteiger partial charge in [-0.2, -0.15) is 5.10 Å². The third kappa shape index (κ3) is 3.72. The molecule has 4 rings (SSSR count). The number of likely N-dealkylation sites (tertiary alicyclic amines) is 1. The molecule has 1 saturated heterocycles. The van der Waals surface area contributed by atoms with Crippen LogP contribution in [0.15, 0.2) is 60.9 Å². The smallest absolute Gasteiger partial charge is 0.223 e. The van der Waals surface area contributed by atoms with Crippen molar-refractivity contribution in [2.45, 2.75) is 38.3 Å². The van der Waals surface area contributed by atoms with Crippen LogP contribution in [0.2, 0.25) is 0 Å². The van der Waals surface area contributed by atoms with Gasteiger partial charge >= 0.3 is 0 Å². The first-order chi connectivity index (χ1) is 12.8. The molecule has 3 heterocycles. The fourth-order valence-electron chi connectivity index (χ4n) is 3.74. The molecule has 1 aliphatic rings. The lowest BCUT2D eigenvalue weighted by molar-refractivity contribution is -0.132. The standard InChI is InChI=1S/C21H24N4O/c26-21(25-15-4-8-19(25)16-24-14-5-13-22-24)12-10-18-9-11-20(23-18)17-6-2-1-3-7-17/h1-3,5-7,9,11,13-14,19,23H,4,8,10,12,15-16H2. The van der Waals surface area contributed by atoms with Gasteiger partial charge in [0.25, 0.3) is 0 Å². The van der Waals surface area contributed by atoms with Crippen molar-refractivity contribution in [1.29, 1.82) is 0 Å². The molecule has 0 aliphatic carbocycles. The van der Waals surface area contributed by atoms with Crippen molar-refractivity contribution >= 4 is 5.91 Å². The number of aryl methyl sites for hydroxylation is 1. The number of nitrogens with one attached hydrogen (secondary N) is 1. The Hall–Kier alpha value is -2.82. The number of carbonyl (C=O) groups is 1. The minimum Gasteiger partial charge on any atom is -0.358 e. The lowest BCUT2D eigenvalue weighted by atomic mass is 10.2. The van der Waals surface area contributed by atoms with E-state index in [4.69, 9.17) is 0 Å². The number of hydrogen-bond acceptors (Lipinski definition) is 2. The first kappa shape index (κ1) is 16.6. The maximum atomic E-state index is 12.7. The zero-order valence-corrected chi connectivity index (χ0v) is 14.8. The molecule has 2 aromatic heterocycles. The monoisotopic (exact) mass is 348 g/mol. The molecule has 1 fully saturated rings. The van der Waals surface area contributed by atoms with Gasteiger partial charge in [0, 0.05) is 36.7 Å². The van der Waals surface area contributed by atoms with Crippen molar-refractivity contribution in [3.05, 3.63) is 66.6 Å². The summed E-state index contributed by atoms with van der Waals surface area (Å²) in [6.45, 7) is 1.66. The van der Waals surface area contributed by atoms with Gasteiger partial charge < -0.3 is 9.88 Å². The Morgan fingerprint density at radius 2 is 2.04 bits per heavy atom. The first-order valence-electron chi connectivity index (χ1n) is 9.30. The van der Waals surface area contributed by atoms with Crippen molar-refractivity contribution in [2.24, 2.45) is 0 Å². The van der Waals surface area contributed by atoms with Crippen LogP contribution in [0.3, 0.4) is 0 Å². The number of nitrogens with zero attached hydrogens (tertiary/aromatic N) is 3. The van der Waals surface area contributed by atoms with E-state index in [0.717, 1.165) is 43.7 Å². The lowest BCUT2D eigenvalue weighted by Gasteiger charge is -2.24. The SMILES string of the molecule is O=C(CCc1ccc(-c2ccccc2)[nH]1)N1CCCC1Cn1cccn1. The van der Waals surface area contributed by atoms with E-state index < -0.39 is 0 Å². The zero-order valence-electron chi connectivity index (χ0n) is 14.8. The zero-order chi connectivity index (χ0) is 17.8. The van der Waals surface area contributed by atoms with Crippen LogP contribution < -0.4 is 0 Å². The van der Waals surface area contributed by atoms with Crippen molar-refractivity contribution in [3.8, 4) is 11.3 Å². The molecule has 26 heavy (non-hydrogen) atoms. The molecule has 0 spiro atoms. The van der Waals surface area contributed by atoms with Gasteiger partial charge in [-0.3, -0.25) is 9.48 Å². The number of amides is 1. The van der Waals surface area contributed by atoms with Gasteiger partial charge in [0.15, 0.2) is 0 Å². The molecule has 1 unspecified atom stereocenters. The van der Waals surface area contributed by atoms with Crippen LogP contribution in [0.4, 0.5) is 0 Å². The number of benzene rings is 1. The van der Waals surface area contributed by atoms with Crippen LogP contribution in [0.25, 0.3) is 11.3 Å². The molecule has 5 nitrogen and oxygen atoms in total. The van der Waals surface area contributed by atoms with E-state index >= 15 is 0 Å². The molecule has 1 aliphatic heterocycles. The average Bonchev–Trinajstić information content (AvgIpc) is 3.43. The topological polar surface area (TPSA) is 53.9 Å². The minimum absolute atomic E-state index is 0.246. The number of rotatable bonds is 6. The molecule has 0 radical (unpaired) electrons. The molecule has 5 heteroatoms. The highest BCUT2D eigenvalue weighted by Crippen LogP contribution is 2.22. The van der Waals surface area contributed by atoms with Crippen LogP contribution in [0, 0.1) is 0 Å². The average molecular weight is 348 g/mol. The van der Waals surface area contributed by atoms with Crippen molar-refractivity contribution in [3.63, 3.8) is 0 Å². The minimum atomic E-state index is 0.246. The Balaban J connectivity index is 1.34. The van der Waals surface area contributed by atoms with Crippen molar-refractivity contribution in [1.82, 2.24) is 19.7 Å². The Morgan fingerprint density at radius 3 is 2.85 bits per heavy atom. The van der Waals surface area contributed by atoms with E-state index in [1.807, 2.05) is 40.0 Å². The second kappa shape index (κ2) is 7.60. The molecule has 0 saturated carbocycles. The van der Waals surface area contributed by atoms with Gasteiger partial charge in [0.05, 0.1) is 12.6 Å². The van der Waals surface area contributed by atoms with E-state index in [2.05, 4.69) is 34.3 Å². The highest BCUT2D eigenvalue weighted by molar-refractivity contribution is 5.77. The van der Waals surface area contributed by atoms with Crippen molar-refractivity contribution in [2.75, 3.05) is 6.54 Å². The van der Waals surface area contributed by atoms with Gasteiger partial charge in [0.1, 0.15) is 0 Å². The quantitative estimate of drug-likeness (QED) is 0.741. The third-order valence-electron chi connectivity index (χ3n) is 5.09. The van der Waals surface area contributed by atoms with Crippen molar-refractivity contribution < 1.29 is 4.79 Å². The Bertz CT molecular complexity index is 838. The maximum absolute atomic E-state index is 12.7.